The second-order valence-electron chi connectivity index (χ2n) is 4.68. The third-order valence-electron chi connectivity index (χ3n) is 2.96. The van der Waals surface area contributed by atoms with E-state index in [9.17, 15) is 0 Å². The van der Waals surface area contributed by atoms with Crippen molar-refractivity contribution >= 4 is 21.6 Å². The minimum Gasteiger partial charge on any atom is -0.377 e. The average molecular weight is 320 g/mol. The van der Waals surface area contributed by atoms with Gasteiger partial charge in [0.2, 0.25) is 0 Å². The number of pyridine rings is 1. The zero-order chi connectivity index (χ0) is 13.8. The van der Waals surface area contributed by atoms with Crippen molar-refractivity contribution in [3.63, 3.8) is 0 Å². The minimum atomic E-state index is 0.0711. The number of nitrogens with one attached hydrogen (secondary N) is 1. The molecule has 2 rings (SSSR count). The highest BCUT2D eigenvalue weighted by Crippen LogP contribution is 2.23. The molecule has 0 bridgehead atoms. The molecule has 0 aliphatic heterocycles. The third kappa shape index (κ3) is 3.78. The lowest BCUT2D eigenvalue weighted by atomic mass is 10.1. The predicted octanol–water partition coefficient (Wildman–Crippen LogP) is 3.57. The van der Waals surface area contributed by atoms with Crippen LogP contribution >= 0.6 is 15.9 Å². The van der Waals surface area contributed by atoms with Gasteiger partial charge in [0.15, 0.2) is 0 Å². The van der Waals surface area contributed by atoms with Crippen LogP contribution in [0.1, 0.15) is 22.9 Å². The summed E-state index contributed by atoms with van der Waals surface area (Å²) in [4.78, 5) is 4.32. The number of halogens is 1. The summed E-state index contributed by atoms with van der Waals surface area (Å²) in [5, 5.41) is 3.45. The number of nitrogens with zero attached hydrogens (tertiary/aromatic N) is 1. The van der Waals surface area contributed by atoms with Gasteiger partial charge in [0.25, 0.3) is 0 Å². The molecule has 19 heavy (non-hydrogen) atoms. The van der Waals surface area contributed by atoms with E-state index in [-0.39, 0.29) is 6.04 Å². The lowest BCUT2D eigenvalue weighted by molar-refractivity contribution is 0.783. The van der Waals surface area contributed by atoms with Crippen LogP contribution in [0.3, 0.4) is 0 Å². The maximum absolute atomic E-state index is 5.86. The zero-order valence-electron chi connectivity index (χ0n) is 11.2. The SMILES string of the molecule is Cc1cc(Br)cc(NC(CN)c2ccc(C)nc2)c1. The normalized spacial score (nSPS) is 12.2. The quantitative estimate of drug-likeness (QED) is 0.905. The Hall–Kier alpha value is -1.39. The number of aryl methyl sites for hydroxylation is 2. The number of rotatable bonds is 4. The van der Waals surface area contributed by atoms with Crippen molar-refractivity contribution in [2.75, 3.05) is 11.9 Å². The monoisotopic (exact) mass is 319 g/mol. The van der Waals surface area contributed by atoms with Crippen LogP contribution in [0, 0.1) is 13.8 Å². The van der Waals surface area contributed by atoms with E-state index in [2.05, 4.69) is 57.4 Å². The minimum absolute atomic E-state index is 0.0711. The second kappa shape index (κ2) is 6.17. The van der Waals surface area contributed by atoms with E-state index in [1.54, 1.807) is 0 Å². The van der Waals surface area contributed by atoms with Gasteiger partial charge in [-0.15, -0.1) is 0 Å². The highest BCUT2D eigenvalue weighted by molar-refractivity contribution is 9.10. The Morgan fingerprint density at radius 3 is 2.63 bits per heavy atom. The summed E-state index contributed by atoms with van der Waals surface area (Å²) >= 11 is 3.51. The summed E-state index contributed by atoms with van der Waals surface area (Å²) in [5.41, 5.74) is 10.2. The molecule has 0 saturated heterocycles. The van der Waals surface area contributed by atoms with E-state index in [0.29, 0.717) is 6.54 Å². The van der Waals surface area contributed by atoms with Crippen LogP contribution in [0.4, 0.5) is 5.69 Å². The summed E-state index contributed by atoms with van der Waals surface area (Å²) in [6, 6.07) is 10.4. The van der Waals surface area contributed by atoms with Crippen molar-refractivity contribution in [3.8, 4) is 0 Å². The summed E-state index contributed by atoms with van der Waals surface area (Å²) in [5.74, 6) is 0. The van der Waals surface area contributed by atoms with Gasteiger partial charge in [-0.3, -0.25) is 4.98 Å². The molecule has 1 atom stereocenters. The van der Waals surface area contributed by atoms with Gasteiger partial charge in [0, 0.05) is 28.6 Å². The van der Waals surface area contributed by atoms with E-state index < -0.39 is 0 Å². The maximum atomic E-state index is 5.86. The van der Waals surface area contributed by atoms with Crippen molar-refractivity contribution in [1.82, 2.24) is 4.98 Å². The zero-order valence-corrected chi connectivity index (χ0v) is 12.7. The Balaban J connectivity index is 2.21. The summed E-state index contributed by atoms with van der Waals surface area (Å²) < 4.78 is 1.06. The van der Waals surface area contributed by atoms with Gasteiger partial charge < -0.3 is 11.1 Å². The molecular weight excluding hydrogens is 302 g/mol. The number of anilines is 1. The fourth-order valence-electron chi connectivity index (χ4n) is 1.98. The molecular formula is C15H18BrN3. The Kier molecular flexibility index (Phi) is 4.56. The van der Waals surface area contributed by atoms with Crippen LogP contribution < -0.4 is 11.1 Å². The molecule has 3 nitrogen and oxygen atoms in total. The molecule has 1 heterocycles. The van der Waals surface area contributed by atoms with Crippen LogP contribution in [0.2, 0.25) is 0 Å². The second-order valence-corrected chi connectivity index (χ2v) is 5.60. The van der Waals surface area contributed by atoms with Gasteiger partial charge in [-0.25, -0.2) is 0 Å². The topological polar surface area (TPSA) is 50.9 Å². The molecule has 0 fully saturated rings. The fourth-order valence-corrected chi connectivity index (χ4v) is 2.59. The number of aromatic nitrogens is 1. The van der Waals surface area contributed by atoms with Crippen LogP contribution in [0.5, 0.6) is 0 Å². The molecule has 1 aromatic heterocycles. The van der Waals surface area contributed by atoms with Gasteiger partial charge in [0.05, 0.1) is 6.04 Å². The van der Waals surface area contributed by atoms with Crippen LogP contribution in [-0.2, 0) is 0 Å². The van der Waals surface area contributed by atoms with E-state index in [1.807, 2.05) is 19.2 Å². The smallest absolute Gasteiger partial charge is 0.0651 e. The third-order valence-corrected chi connectivity index (χ3v) is 3.41. The fraction of sp³-hybridized carbons (Fsp3) is 0.267. The molecule has 1 unspecified atom stereocenters. The standard InChI is InChI=1S/C15H18BrN3/c1-10-5-13(16)7-14(6-10)19-15(8-17)12-4-3-11(2)18-9-12/h3-7,9,15,19H,8,17H2,1-2H3. The highest BCUT2D eigenvalue weighted by atomic mass is 79.9. The Morgan fingerprint density at radius 2 is 2.05 bits per heavy atom. The van der Waals surface area contributed by atoms with Crippen molar-refractivity contribution in [1.29, 1.82) is 0 Å². The molecule has 0 aliphatic rings. The van der Waals surface area contributed by atoms with E-state index in [4.69, 9.17) is 5.73 Å². The molecule has 0 aliphatic carbocycles. The first-order valence-electron chi connectivity index (χ1n) is 6.25. The van der Waals surface area contributed by atoms with Crippen LogP contribution in [0.15, 0.2) is 41.0 Å². The first-order valence-corrected chi connectivity index (χ1v) is 7.04. The first-order chi connectivity index (χ1) is 9.08. The van der Waals surface area contributed by atoms with Crippen LogP contribution in [0.25, 0.3) is 0 Å². The highest BCUT2D eigenvalue weighted by Gasteiger charge is 2.10. The number of hydrogen-bond donors (Lipinski definition) is 2. The lowest BCUT2D eigenvalue weighted by Crippen LogP contribution is -2.20. The predicted molar refractivity (Wildman–Crippen MR) is 83.3 cm³/mol. The van der Waals surface area contributed by atoms with Gasteiger partial charge in [-0.05, 0) is 49.2 Å². The number of benzene rings is 1. The van der Waals surface area contributed by atoms with Crippen molar-refractivity contribution in [2.24, 2.45) is 5.73 Å². The van der Waals surface area contributed by atoms with Gasteiger partial charge in [-0.2, -0.15) is 0 Å². The molecule has 0 radical (unpaired) electrons. The molecule has 2 aromatic rings. The Labute approximate surface area is 122 Å². The van der Waals surface area contributed by atoms with Crippen LogP contribution in [-0.4, -0.2) is 11.5 Å². The Bertz CT molecular complexity index is 532. The molecule has 0 amide bonds. The number of hydrogen-bond acceptors (Lipinski definition) is 3. The molecule has 4 heteroatoms. The van der Waals surface area contributed by atoms with E-state index >= 15 is 0 Å². The van der Waals surface area contributed by atoms with Crippen molar-refractivity contribution in [3.05, 3.63) is 57.8 Å². The maximum Gasteiger partial charge on any atom is 0.0651 e. The van der Waals surface area contributed by atoms with Gasteiger partial charge >= 0.3 is 0 Å². The molecule has 100 valence electrons. The molecule has 0 spiro atoms. The van der Waals surface area contributed by atoms with Crippen molar-refractivity contribution in [2.45, 2.75) is 19.9 Å². The van der Waals surface area contributed by atoms with E-state index in [1.165, 1.54) is 5.56 Å². The van der Waals surface area contributed by atoms with Gasteiger partial charge in [0.1, 0.15) is 0 Å². The first kappa shape index (κ1) is 14.0. The molecule has 3 N–H and O–H groups in total. The van der Waals surface area contributed by atoms with Crippen molar-refractivity contribution < 1.29 is 0 Å². The lowest BCUT2D eigenvalue weighted by Gasteiger charge is -2.19. The molecule has 0 saturated carbocycles. The summed E-state index contributed by atoms with van der Waals surface area (Å²) in [6.45, 7) is 4.57. The summed E-state index contributed by atoms with van der Waals surface area (Å²) in [6.07, 6.45) is 1.88. The van der Waals surface area contributed by atoms with Gasteiger partial charge in [-0.1, -0.05) is 22.0 Å². The Morgan fingerprint density at radius 1 is 1.26 bits per heavy atom. The molecule has 1 aromatic carbocycles. The number of nitrogens with two attached hydrogens (primary N) is 1. The summed E-state index contributed by atoms with van der Waals surface area (Å²) in [7, 11) is 0. The van der Waals surface area contributed by atoms with E-state index in [0.717, 1.165) is 21.4 Å². The average Bonchev–Trinajstić information content (AvgIpc) is 2.36. The largest absolute Gasteiger partial charge is 0.377 e.